The number of benzene rings is 1. The molecule has 2 aliphatic carbocycles. The molecule has 1 aromatic rings. The molecule has 7 heteroatoms. The summed E-state index contributed by atoms with van der Waals surface area (Å²) >= 11 is 0. The molecule has 3 N–H and O–H groups in total. The van der Waals surface area contributed by atoms with Gasteiger partial charge >= 0.3 is 11.9 Å². The highest BCUT2D eigenvalue weighted by atomic mass is 16.6. The number of carboxylic acids is 1. The number of nitrogens with one attached hydrogen (secondary N) is 1. The van der Waals surface area contributed by atoms with Gasteiger partial charge in [-0.05, 0) is 107 Å². The first-order valence-corrected chi connectivity index (χ1v) is 12.9. The third-order valence-corrected chi connectivity index (χ3v) is 7.59. The Kier molecular flexibility index (Phi) is 10.2. The van der Waals surface area contributed by atoms with Crippen molar-refractivity contribution in [3.05, 3.63) is 29.3 Å². The van der Waals surface area contributed by atoms with Gasteiger partial charge in [-0.1, -0.05) is 18.6 Å². The van der Waals surface area contributed by atoms with Crippen molar-refractivity contribution in [2.75, 3.05) is 13.7 Å². The van der Waals surface area contributed by atoms with Crippen LogP contribution in [-0.4, -0.2) is 48.1 Å². The van der Waals surface area contributed by atoms with Crippen LogP contribution < -0.4 is 10.1 Å². The lowest BCUT2D eigenvalue weighted by molar-refractivity contribution is -0.151. The Morgan fingerprint density at radius 2 is 1.97 bits per heavy atom. The second-order valence-electron chi connectivity index (χ2n) is 10.0. The highest BCUT2D eigenvalue weighted by Gasteiger charge is 2.39. The molecule has 5 unspecified atom stereocenters. The van der Waals surface area contributed by atoms with Crippen molar-refractivity contribution in [2.24, 2.45) is 17.8 Å². The average Bonchev–Trinajstić information content (AvgIpc) is 3.21. The van der Waals surface area contributed by atoms with Crippen molar-refractivity contribution >= 4 is 11.9 Å². The maximum atomic E-state index is 12.3. The second kappa shape index (κ2) is 13.1. The summed E-state index contributed by atoms with van der Waals surface area (Å²) in [5.41, 5.74) is 2.56. The average molecular weight is 476 g/mol. The van der Waals surface area contributed by atoms with Crippen molar-refractivity contribution in [2.45, 2.75) is 89.9 Å². The standard InChI is InChI=1S/C27H41NO6/c1-18(7-4-3-5-10-26(30)31)34-27(32)17-33-24-9-6-8-20-15-22-19(13-14-25(29)28-2)11-12-21(22)16-23(20)24/h6,8-9,18-19,21-22,25,28-29H,3-5,7,10-17H2,1-2H3,(H,30,31). The van der Waals surface area contributed by atoms with Gasteiger partial charge in [0.2, 0.25) is 0 Å². The molecule has 2 aliphatic rings. The molecule has 0 amide bonds. The predicted molar refractivity (Wildman–Crippen MR) is 130 cm³/mol. The van der Waals surface area contributed by atoms with Crippen LogP contribution >= 0.6 is 0 Å². The minimum Gasteiger partial charge on any atom is -0.482 e. The number of carboxylic acid groups (broad SMARTS) is 1. The van der Waals surface area contributed by atoms with Gasteiger partial charge in [0.15, 0.2) is 6.61 Å². The zero-order chi connectivity index (χ0) is 24.5. The van der Waals surface area contributed by atoms with Crippen LogP contribution in [0.2, 0.25) is 0 Å². The molecule has 0 spiro atoms. The van der Waals surface area contributed by atoms with Crippen LogP contribution in [0.25, 0.3) is 0 Å². The quantitative estimate of drug-likeness (QED) is 0.211. The number of ether oxygens (including phenoxy) is 2. The molecule has 0 saturated heterocycles. The fourth-order valence-electron chi connectivity index (χ4n) is 5.73. The molecule has 1 fully saturated rings. The molecule has 0 aromatic heterocycles. The molecule has 0 radical (unpaired) electrons. The van der Waals surface area contributed by atoms with Gasteiger partial charge in [0.25, 0.3) is 0 Å². The SMILES string of the molecule is CNC(O)CCC1CCC2Cc3c(cccc3OCC(=O)OC(C)CCCCCC(=O)O)CC12. The summed E-state index contributed by atoms with van der Waals surface area (Å²) < 4.78 is 11.4. The maximum absolute atomic E-state index is 12.3. The number of rotatable bonds is 14. The van der Waals surface area contributed by atoms with Gasteiger partial charge < -0.3 is 19.7 Å². The minimum atomic E-state index is -0.771. The highest BCUT2D eigenvalue weighted by Crippen LogP contribution is 2.48. The molecule has 190 valence electrons. The van der Waals surface area contributed by atoms with Gasteiger partial charge in [-0.3, -0.25) is 10.1 Å². The van der Waals surface area contributed by atoms with Crippen LogP contribution in [0.5, 0.6) is 5.75 Å². The molecule has 1 aromatic carbocycles. The summed E-state index contributed by atoms with van der Waals surface area (Å²) in [7, 11) is 1.79. The summed E-state index contributed by atoms with van der Waals surface area (Å²) in [5.74, 6) is 1.62. The number of fused-ring (bicyclic) bond motifs is 2. The Morgan fingerprint density at radius 1 is 1.15 bits per heavy atom. The third kappa shape index (κ3) is 7.70. The van der Waals surface area contributed by atoms with E-state index >= 15 is 0 Å². The highest BCUT2D eigenvalue weighted by molar-refractivity contribution is 5.71. The third-order valence-electron chi connectivity index (χ3n) is 7.59. The first-order valence-electron chi connectivity index (χ1n) is 12.9. The first-order chi connectivity index (χ1) is 16.4. The van der Waals surface area contributed by atoms with E-state index in [-0.39, 0.29) is 25.1 Å². The van der Waals surface area contributed by atoms with Crippen LogP contribution in [-0.2, 0) is 27.2 Å². The number of aliphatic hydroxyl groups is 1. The Labute approximate surface area is 203 Å². The van der Waals surface area contributed by atoms with E-state index < -0.39 is 12.2 Å². The normalized spacial score (nSPS) is 23.0. The Morgan fingerprint density at radius 3 is 2.74 bits per heavy atom. The molecule has 1 saturated carbocycles. The number of aliphatic hydroxyl groups excluding tert-OH is 1. The number of carbonyl (C=O) groups excluding carboxylic acids is 1. The van der Waals surface area contributed by atoms with E-state index in [1.807, 2.05) is 19.1 Å². The summed E-state index contributed by atoms with van der Waals surface area (Å²) in [5, 5.41) is 21.5. The predicted octanol–water partition coefficient (Wildman–Crippen LogP) is 4.09. The number of aliphatic carboxylic acids is 1. The molecular formula is C27H41NO6. The van der Waals surface area contributed by atoms with Crippen molar-refractivity contribution in [3.63, 3.8) is 0 Å². The van der Waals surface area contributed by atoms with E-state index in [1.165, 1.54) is 24.0 Å². The van der Waals surface area contributed by atoms with E-state index in [2.05, 4.69) is 11.4 Å². The lowest BCUT2D eigenvalue weighted by Crippen LogP contribution is -2.28. The van der Waals surface area contributed by atoms with E-state index in [9.17, 15) is 14.7 Å². The number of hydrogen-bond donors (Lipinski definition) is 3. The number of hydrogen-bond acceptors (Lipinski definition) is 6. The van der Waals surface area contributed by atoms with Gasteiger partial charge in [0, 0.05) is 6.42 Å². The van der Waals surface area contributed by atoms with E-state index in [0.717, 1.165) is 50.7 Å². The smallest absolute Gasteiger partial charge is 0.344 e. The van der Waals surface area contributed by atoms with E-state index in [0.29, 0.717) is 24.2 Å². The van der Waals surface area contributed by atoms with Crippen LogP contribution in [0.3, 0.4) is 0 Å². The molecule has 34 heavy (non-hydrogen) atoms. The zero-order valence-electron chi connectivity index (χ0n) is 20.6. The number of carbonyl (C=O) groups is 2. The summed E-state index contributed by atoms with van der Waals surface area (Å²) in [6.07, 6.45) is 8.90. The van der Waals surface area contributed by atoms with Crippen molar-refractivity contribution in [1.82, 2.24) is 5.32 Å². The van der Waals surface area contributed by atoms with Crippen molar-refractivity contribution in [1.29, 1.82) is 0 Å². The number of unbranched alkanes of at least 4 members (excludes halogenated alkanes) is 2. The van der Waals surface area contributed by atoms with Gasteiger partial charge in [-0.25, -0.2) is 4.79 Å². The lowest BCUT2D eigenvalue weighted by atomic mass is 9.74. The number of esters is 1. The molecule has 0 heterocycles. The minimum absolute atomic E-state index is 0.0988. The topological polar surface area (TPSA) is 105 Å². The fourth-order valence-corrected chi connectivity index (χ4v) is 5.73. The molecule has 3 rings (SSSR count). The largest absolute Gasteiger partial charge is 0.482 e. The molecule has 0 bridgehead atoms. The molecule has 0 aliphatic heterocycles. The summed E-state index contributed by atoms with van der Waals surface area (Å²) in [6, 6.07) is 6.14. The molecule has 5 atom stereocenters. The second-order valence-corrected chi connectivity index (χ2v) is 10.0. The van der Waals surface area contributed by atoms with Crippen LogP contribution in [0.1, 0.15) is 75.8 Å². The monoisotopic (exact) mass is 475 g/mol. The first kappa shape index (κ1) is 26.5. The fraction of sp³-hybridized carbons (Fsp3) is 0.704. The van der Waals surface area contributed by atoms with Gasteiger partial charge in [-0.2, -0.15) is 0 Å². The van der Waals surface area contributed by atoms with Crippen LogP contribution in [0.15, 0.2) is 18.2 Å². The molecule has 7 nitrogen and oxygen atoms in total. The van der Waals surface area contributed by atoms with Gasteiger partial charge in [0.05, 0.1) is 6.10 Å². The van der Waals surface area contributed by atoms with Gasteiger partial charge in [-0.15, -0.1) is 0 Å². The van der Waals surface area contributed by atoms with E-state index in [4.69, 9.17) is 14.6 Å². The Bertz CT molecular complexity index is 812. The van der Waals surface area contributed by atoms with Gasteiger partial charge in [0.1, 0.15) is 12.0 Å². The van der Waals surface area contributed by atoms with Crippen molar-refractivity contribution < 1.29 is 29.3 Å². The zero-order valence-corrected chi connectivity index (χ0v) is 20.6. The Hall–Kier alpha value is -2.12. The maximum Gasteiger partial charge on any atom is 0.344 e. The van der Waals surface area contributed by atoms with Crippen LogP contribution in [0.4, 0.5) is 0 Å². The Balaban J connectivity index is 1.46. The van der Waals surface area contributed by atoms with E-state index in [1.54, 1.807) is 7.05 Å². The summed E-state index contributed by atoms with van der Waals surface area (Å²) in [6.45, 7) is 1.77. The molecular weight excluding hydrogens is 434 g/mol. The summed E-state index contributed by atoms with van der Waals surface area (Å²) in [4.78, 5) is 22.9. The van der Waals surface area contributed by atoms with Crippen molar-refractivity contribution in [3.8, 4) is 5.75 Å². The van der Waals surface area contributed by atoms with Crippen LogP contribution in [0, 0.1) is 17.8 Å². The lowest BCUT2D eigenvalue weighted by Gasteiger charge is -2.32.